The van der Waals surface area contributed by atoms with E-state index in [2.05, 4.69) is 23.5 Å². The van der Waals surface area contributed by atoms with Crippen LogP contribution in [-0.2, 0) is 0 Å². The highest BCUT2D eigenvalue weighted by Crippen LogP contribution is 2.19. The summed E-state index contributed by atoms with van der Waals surface area (Å²) in [6.45, 7) is 1.97. The molecule has 0 amide bonds. The van der Waals surface area contributed by atoms with Gasteiger partial charge in [0.2, 0.25) is 0 Å². The third kappa shape index (κ3) is 1.73. The van der Waals surface area contributed by atoms with Crippen LogP contribution < -0.4 is 10.1 Å². The number of methoxy groups -OCH3 is 1. The Labute approximate surface area is 78.2 Å². The van der Waals surface area contributed by atoms with Crippen LogP contribution in [0.5, 0.6) is 5.75 Å². The summed E-state index contributed by atoms with van der Waals surface area (Å²) in [6, 6.07) is 8.18. The number of benzene rings is 1. The molecule has 2 rings (SSSR count). The standard InChI is InChI=1S/C11H13NO/c1-13-11-4-2-9(3-5-11)10-6-7-12-8-10/h2-6,12H,7-8H2,1H3. The second-order valence-corrected chi connectivity index (χ2v) is 3.09. The van der Waals surface area contributed by atoms with Crippen molar-refractivity contribution in [3.63, 3.8) is 0 Å². The van der Waals surface area contributed by atoms with Gasteiger partial charge in [0.05, 0.1) is 7.11 Å². The van der Waals surface area contributed by atoms with E-state index >= 15 is 0 Å². The molecule has 68 valence electrons. The molecule has 1 aromatic carbocycles. The van der Waals surface area contributed by atoms with E-state index in [1.807, 2.05) is 12.1 Å². The quantitative estimate of drug-likeness (QED) is 0.738. The lowest BCUT2D eigenvalue weighted by atomic mass is 10.1. The average Bonchev–Trinajstić information content (AvgIpc) is 2.71. The molecule has 1 aliphatic heterocycles. The molecule has 2 nitrogen and oxygen atoms in total. The molecule has 0 fully saturated rings. The third-order valence-corrected chi connectivity index (χ3v) is 2.27. The van der Waals surface area contributed by atoms with Gasteiger partial charge < -0.3 is 10.1 Å². The summed E-state index contributed by atoms with van der Waals surface area (Å²) in [6.07, 6.45) is 2.22. The van der Waals surface area contributed by atoms with Crippen LogP contribution in [0.25, 0.3) is 5.57 Å². The SMILES string of the molecule is COc1ccc(C2=CCNC2)cc1. The highest BCUT2D eigenvalue weighted by Gasteiger charge is 2.05. The topological polar surface area (TPSA) is 21.3 Å². The summed E-state index contributed by atoms with van der Waals surface area (Å²) in [4.78, 5) is 0. The highest BCUT2D eigenvalue weighted by molar-refractivity contribution is 5.69. The van der Waals surface area contributed by atoms with Crippen LogP contribution in [0, 0.1) is 0 Å². The van der Waals surface area contributed by atoms with Crippen LogP contribution in [0.4, 0.5) is 0 Å². The van der Waals surface area contributed by atoms with Crippen LogP contribution in [0.1, 0.15) is 5.56 Å². The fourth-order valence-electron chi connectivity index (χ4n) is 1.50. The van der Waals surface area contributed by atoms with Crippen molar-refractivity contribution in [1.29, 1.82) is 0 Å². The second kappa shape index (κ2) is 3.62. The predicted molar refractivity (Wildman–Crippen MR) is 53.8 cm³/mol. The summed E-state index contributed by atoms with van der Waals surface area (Å²) in [5, 5.41) is 3.28. The minimum Gasteiger partial charge on any atom is -0.497 e. The van der Waals surface area contributed by atoms with E-state index in [1.54, 1.807) is 7.11 Å². The molecule has 0 aromatic heterocycles. The van der Waals surface area contributed by atoms with Crippen molar-refractivity contribution < 1.29 is 4.74 Å². The number of nitrogens with one attached hydrogen (secondary N) is 1. The molecule has 13 heavy (non-hydrogen) atoms. The zero-order valence-corrected chi connectivity index (χ0v) is 7.71. The maximum atomic E-state index is 5.10. The summed E-state index contributed by atoms with van der Waals surface area (Å²) in [5.41, 5.74) is 2.66. The van der Waals surface area contributed by atoms with Crippen LogP contribution in [0.3, 0.4) is 0 Å². The van der Waals surface area contributed by atoms with Crippen molar-refractivity contribution >= 4 is 5.57 Å². The van der Waals surface area contributed by atoms with Gasteiger partial charge in [0.1, 0.15) is 5.75 Å². The molecule has 1 N–H and O–H groups in total. The molecule has 1 heterocycles. The van der Waals surface area contributed by atoms with Gasteiger partial charge in [0.25, 0.3) is 0 Å². The first-order valence-corrected chi connectivity index (χ1v) is 4.44. The van der Waals surface area contributed by atoms with Crippen molar-refractivity contribution in [2.45, 2.75) is 0 Å². The Morgan fingerprint density at radius 3 is 2.54 bits per heavy atom. The largest absolute Gasteiger partial charge is 0.497 e. The van der Waals surface area contributed by atoms with E-state index in [0.717, 1.165) is 18.8 Å². The predicted octanol–water partition coefficient (Wildman–Crippen LogP) is 1.68. The highest BCUT2D eigenvalue weighted by atomic mass is 16.5. The first kappa shape index (κ1) is 8.32. The van der Waals surface area contributed by atoms with Crippen molar-refractivity contribution in [2.75, 3.05) is 20.2 Å². The van der Waals surface area contributed by atoms with Gasteiger partial charge in [-0.25, -0.2) is 0 Å². The lowest BCUT2D eigenvalue weighted by Gasteiger charge is -2.03. The molecule has 1 aromatic rings. The van der Waals surface area contributed by atoms with E-state index in [9.17, 15) is 0 Å². The van der Waals surface area contributed by atoms with Gasteiger partial charge in [-0.2, -0.15) is 0 Å². The lowest BCUT2D eigenvalue weighted by molar-refractivity contribution is 0.415. The van der Waals surface area contributed by atoms with Gasteiger partial charge in [-0.05, 0) is 23.3 Å². The van der Waals surface area contributed by atoms with Crippen LogP contribution in [0.15, 0.2) is 30.3 Å². The Balaban J connectivity index is 2.22. The molecular weight excluding hydrogens is 162 g/mol. The normalized spacial score (nSPS) is 15.6. The van der Waals surface area contributed by atoms with Gasteiger partial charge in [0, 0.05) is 13.1 Å². The summed E-state index contributed by atoms with van der Waals surface area (Å²) in [5.74, 6) is 0.912. The number of ether oxygens (including phenoxy) is 1. The van der Waals surface area contributed by atoms with Gasteiger partial charge in [-0.1, -0.05) is 18.2 Å². The molecular formula is C11H13NO. The summed E-state index contributed by atoms with van der Waals surface area (Å²) >= 11 is 0. The molecule has 0 saturated heterocycles. The van der Waals surface area contributed by atoms with E-state index in [0.29, 0.717) is 0 Å². The average molecular weight is 175 g/mol. The monoisotopic (exact) mass is 175 g/mol. The molecule has 0 saturated carbocycles. The van der Waals surface area contributed by atoms with Crippen molar-refractivity contribution in [3.05, 3.63) is 35.9 Å². The van der Waals surface area contributed by atoms with E-state index < -0.39 is 0 Å². The number of rotatable bonds is 2. The van der Waals surface area contributed by atoms with E-state index in [1.165, 1.54) is 11.1 Å². The molecule has 0 unspecified atom stereocenters. The Morgan fingerprint density at radius 2 is 2.00 bits per heavy atom. The molecule has 0 atom stereocenters. The second-order valence-electron chi connectivity index (χ2n) is 3.09. The maximum Gasteiger partial charge on any atom is 0.118 e. The van der Waals surface area contributed by atoms with Crippen LogP contribution in [0.2, 0.25) is 0 Å². The fraction of sp³-hybridized carbons (Fsp3) is 0.273. The van der Waals surface area contributed by atoms with Crippen molar-refractivity contribution in [2.24, 2.45) is 0 Å². The molecule has 0 bridgehead atoms. The first-order valence-electron chi connectivity index (χ1n) is 4.44. The Hall–Kier alpha value is -1.28. The molecule has 1 aliphatic rings. The first-order chi connectivity index (χ1) is 6.40. The fourth-order valence-corrected chi connectivity index (χ4v) is 1.50. The zero-order chi connectivity index (χ0) is 9.10. The minimum absolute atomic E-state index is 0.912. The Bertz CT molecular complexity index is 313. The summed E-state index contributed by atoms with van der Waals surface area (Å²) < 4.78 is 5.10. The van der Waals surface area contributed by atoms with Gasteiger partial charge >= 0.3 is 0 Å². The number of hydrogen-bond acceptors (Lipinski definition) is 2. The lowest BCUT2D eigenvalue weighted by Crippen LogP contribution is -2.07. The molecule has 0 radical (unpaired) electrons. The van der Waals surface area contributed by atoms with Crippen molar-refractivity contribution in [1.82, 2.24) is 5.32 Å². The van der Waals surface area contributed by atoms with Gasteiger partial charge in [-0.3, -0.25) is 0 Å². The van der Waals surface area contributed by atoms with E-state index in [4.69, 9.17) is 4.74 Å². The minimum atomic E-state index is 0.912. The summed E-state index contributed by atoms with van der Waals surface area (Å²) in [7, 11) is 1.69. The van der Waals surface area contributed by atoms with Crippen LogP contribution in [-0.4, -0.2) is 20.2 Å². The van der Waals surface area contributed by atoms with E-state index in [-0.39, 0.29) is 0 Å². The Kier molecular flexibility index (Phi) is 2.32. The van der Waals surface area contributed by atoms with Gasteiger partial charge in [-0.15, -0.1) is 0 Å². The van der Waals surface area contributed by atoms with Crippen molar-refractivity contribution in [3.8, 4) is 5.75 Å². The Morgan fingerprint density at radius 1 is 1.23 bits per heavy atom. The van der Waals surface area contributed by atoms with Crippen LogP contribution >= 0.6 is 0 Å². The molecule has 0 aliphatic carbocycles. The molecule has 0 spiro atoms. The maximum absolute atomic E-state index is 5.10. The number of hydrogen-bond donors (Lipinski definition) is 1. The smallest absolute Gasteiger partial charge is 0.118 e. The van der Waals surface area contributed by atoms with Gasteiger partial charge in [0.15, 0.2) is 0 Å². The zero-order valence-electron chi connectivity index (χ0n) is 7.71. The third-order valence-electron chi connectivity index (χ3n) is 2.27. The molecule has 2 heteroatoms.